The normalized spacial score (nSPS) is 12.0. The van der Waals surface area contributed by atoms with Crippen molar-refractivity contribution in [2.75, 3.05) is 5.32 Å². The molecule has 5 nitrogen and oxygen atoms in total. The third kappa shape index (κ3) is 5.85. The molecule has 5 heteroatoms. The highest BCUT2D eigenvalue weighted by atomic mass is 16.4. The number of anilines is 1. The van der Waals surface area contributed by atoms with E-state index in [1.807, 2.05) is 13.8 Å². The van der Waals surface area contributed by atoms with Crippen LogP contribution in [0.25, 0.3) is 0 Å². The zero-order valence-corrected chi connectivity index (χ0v) is 13.1. The molecule has 1 aromatic carbocycles. The van der Waals surface area contributed by atoms with Crippen LogP contribution in [-0.4, -0.2) is 23.1 Å². The van der Waals surface area contributed by atoms with Gasteiger partial charge in [-0.3, -0.25) is 0 Å². The van der Waals surface area contributed by atoms with Crippen molar-refractivity contribution in [3.63, 3.8) is 0 Å². The Morgan fingerprint density at radius 3 is 2.43 bits per heavy atom. The summed E-state index contributed by atoms with van der Waals surface area (Å²) in [6.45, 7) is 8.02. The van der Waals surface area contributed by atoms with Gasteiger partial charge in [-0.1, -0.05) is 25.5 Å². The molecule has 1 aromatic rings. The number of aryl methyl sites for hydroxylation is 1. The number of nitrogens with one attached hydrogen (secondary N) is 2. The molecule has 1 rings (SSSR count). The van der Waals surface area contributed by atoms with Crippen LogP contribution < -0.4 is 10.6 Å². The van der Waals surface area contributed by atoms with Crippen LogP contribution in [0.15, 0.2) is 18.2 Å². The average Bonchev–Trinajstić information content (AvgIpc) is 2.38. The van der Waals surface area contributed by atoms with E-state index in [1.54, 1.807) is 18.2 Å². The number of carboxylic acid groups (broad SMARTS) is 1. The van der Waals surface area contributed by atoms with E-state index in [9.17, 15) is 9.59 Å². The van der Waals surface area contributed by atoms with Crippen molar-refractivity contribution in [1.82, 2.24) is 5.32 Å². The van der Waals surface area contributed by atoms with Crippen molar-refractivity contribution in [2.24, 2.45) is 5.92 Å². The molecule has 0 heterocycles. The van der Waals surface area contributed by atoms with Crippen LogP contribution >= 0.6 is 0 Å². The maximum atomic E-state index is 11.9. The van der Waals surface area contributed by atoms with Crippen LogP contribution in [0.5, 0.6) is 0 Å². The van der Waals surface area contributed by atoms with Gasteiger partial charge in [0.1, 0.15) is 0 Å². The molecule has 0 radical (unpaired) electrons. The van der Waals surface area contributed by atoms with Crippen LogP contribution in [0, 0.1) is 12.8 Å². The van der Waals surface area contributed by atoms with E-state index in [-0.39, 0.29) is 17.6 Å². The third-order valence-electron chi connectivity index (χ3n) is 3.21. The molecule has 1 unspecified atom stereocenters. The standard InChI is InChI=1S/C16H24N2O3/c1-10(2)5-7-12(4)17-16(21)18-14-8-6-11(3)9-13(14)15(19)20/h6,8-10,12H,5,7H2,1-4H3,(H,19,20)(H2,17,18,21). The molecule has 3 N–H and O–H groups in total. The van der Waals surface area contributed by atoms with Gasteiger partial charge in [0.2, 0.25) is 0 Å². The van der Waals surface area contributed by atoms with E-state index < -0.39 is 5.97 Å². The van der Waals surface area contributed by atoms with Crippen molar-refractivity contribution < 1.29 is 14.7 Å². The lowest BCUT2D eigenvalue weighted by Crippen LogP contribution is -2.36. The lowest BCUT2D eigenvalue weighted by molar-refractivity contribution is 0.0698. The number of amides is 2. The Bertz CT molecular complexity index is 512. The summed E-state index contributed by atoms with van der Waals surface area (Å²) in [6.07, 6.45) is 1.93. The van der Waals surface area contributed by atoms with Gasteiger partial charge < -0.3 is 15.7 Å². The van der Waals surface area contributed by atoms with Gasteiger partial charge in [-0.2, -0.15) is 0 Å². The molecule has 0 aliphatic rings. The maximum absolute atomic E-state index is 11.9. The monoisotopic (exact) mass is 292 g/mol. The Morgan fingerprint density at radius 1 is 1.19 bits per heavy atom. The van der Waals surface area contributed by atoms with Gasteiger partial charge in [0.15, 0.2) is 0 Å². The number of hydrogen-bond acceptors (Lipinski definition) is 2. The Kier molecular flexibility index (Phi) is 6.21. The topological polar surface area (TPSA) is 78.4 Å². The molecular formula is C16H24N2O3. The van der Waals surface area contributed by atoms with Crippen LogP contribution in [0.2, 0.25) is 0 Å². The van der Waals surface area contributed by atoms with Crippen LogP contribution in [-0.2, 0) is 0 Å². The van der Waals surface area contributed by atoms with Crippen molar-refractivity contribution in [1.29, 1.82) is 0 Å². The van der Waals surface area contributed by atoms with Crippen molar-refractivity contribution in [3.8, 4) is 0 Å². The minimum absolute atomic E-state index is 0.0473. The Labute approximate surface area is 125 Å². The largest absolute Gasteiger partial charge is 0.478 e. The minimum atomic E-state index is -1.05. The summed E-state index contributed by atoms with van der Waals surface area (Å²) in [4.78, 5) is 23.1. The lowest BCUT2D eigenvalue weighted by atomic mass is 10.0. The SMILES string of the molecule is Cc1ccc(NC(=O)NC(C)CCC(C)C)c(C(=O)O)c1. The summed E-state index contributed by atoms with van der Waals surface area (Å²) in [5.41, 5.74) is 1.24. The van der Waals surface area contributed by atoms with E-state index in [2.05, 4.69) is 24.5 Å². The quantitative estimate of drug-likeness (QED) is 0.749. The molecule has 0 aliphatic heterocycles. The zero-order chi connectivity index (χ0) is 16.0. The van der Waals surface area contributed by atoms with Crippen molar-refractivity contribution in [2.45, 2.75) is 46.6 Å². The highest BCUT2D eigenvalue weighted by Crippen LogP contribution is 2.17. The number of benzene rings is 1. The average molecular weight is 292 g/mol. The van der Waals surface area contributed by atoms with Gasteiger partial charge in [-0.15, -0.1) is 0 Å². The van der Waals surface area contributed by atoms with E-state index in [1.165, 1.54) is 0 Å². The van der Waals surface area contributed by atoms with Gasteiger partial charge in [-0.05, 0) is 44.7 Å². The van der Waals surface area contributed by atoms with Gasteiger partial charge in [0.25, 0.3) is 0 Å². The van der Waals surface area contributed by atoms with Gasteiger partial charge in [0, 0.05) is 6.04 Å². The fourth-order valence-electron chi connectivity index (χ4n) is 1.98. The molecule has 116 valence electrons. The first kappa shape index (κ1) is 17.0. The number of hydrogen-bond donors (Lipinski definition) is 3. The summed E-state index contributed by atoms with van der Waals surface area (Å²) < 4.78 is 0. The van der Waals surface area contributed by atoms with Gasteiger partial charge in [-0.25, -0.2) is 9.59 Å². The van der Waals surface area contributed by atoms with Crippen LogP contribution in [0.3, 0.4) is 0 Å². The van der Waals surface area contributed by atoms with Gasteiger partial charge in [0.05, 0.1) is 11.3 Å². The third-order valence-corrected chi connectivity index (χ3v) is 3.21. The van der Waals surface area contributed by atoms with Gasteiger partial charge >= 0.3 is 12.0 Å². The molecule has 0 aromatic heterocycles. The number of urea groups is 1. The first-order chi connectivity index (χ1) is 9.79. The fraction of sp³-hybridized carbons (Fsp3) is 0.500. The number of aromatic carboxylic acids is 1. The summed E-state index contributed by atoms with van der Waals surface area (Å²) in [5.74, 6) is -0.463. The maximum Gasteiger partial charge on any atom is 0.337 e. The van der Waals surface area contributed by atoms with E-state index >= 15 is 0 Å². The fourth-order valence-corrected chi connectivity index (χ4v) is 1.98. The first-order valence-electron chi connectivity index (χ1n) is 7.21. The molecule has 1 atom stereocenters. The molecule has 0 saturated carbocycles. The minimum Gasteiger partial charge on any atom is -0.478 e. The van der Waals surface area contributed by atoms with E-state index in [4.69, 9.17) is 5.11 Å². The second kappa shape index (κ2) is 7.67. The lowest BCUT2D eigenvalue weighted by Gasteiger charge is -2.16. The zero-order valence-electron chi connectivity index (χ0n) is 13.1. The molecule has 2 amide bonds. The Balaban J connectivity index is 2.65. The highest BCUT2D eigenvalue weighted by molar-refractivity contribution is 6.00. The highest BCUT2D eigenvalue weighted by Gasteiger charge is 2.14. The molecule has 0 fully saturated rings. The molecule has 0 saturated heterocycles. The molecule has 0 aliphatic carbocycles. The molecule has 21 heavy (non-hydrogen) atoms. The molecule has 0 spiro atoms. The Hall–Kier alpha value is -2.04. The first-order valence-corrected chi connectivity index (χ1v) is 7.21. The summed E-state index contributed by atoms with van der Waals surface area (Å²) in [7, 11) is 0. The van der Waals surface area contributed by atoms with E-state index in [0.717, 1.165) is 18.4 Å². The number of rotatable bonds is 6. The molecular weight excluding hydrogens is 268 g/mol. The number of carbonyl (C=O) groups is 2. The number of carboxylic acids is 1. The number of carbonyl (C=O) groups excluding carboxylic acids is 1. The predicted molar refractivity (Wildman–Crippen MR) is 83.8 cm³/mol. The molecule has 0 bridgehead atoms. The van der Waals surface area contributed by atoms with Crippen LogP contribution in [0.4, 0.5) is 10.5 Å². The van der Waals surface area contributed by atoms with Crippen LogP contribution in [0.1, 0.15) is 49.5 Å². The van der Waals surface area contributed by atoms with E-state index in [0.29, 0.717) is 11.6 Å². The predicted octanol–water partition coefficient (Wildman–Crippen LogP) is 3.64. The van der Waals surface area contributed by atoms with Crippen molar-refractivity contribution in [3.05, 3.63) is 29.3 Å². The smallest absolute Gasteiger partial charge is 0.337 e. The second-order valence-corrected chi connectivity index (χ2v) is 5.82. The second-order valence-electron chi connectivity index (χ2n) is 5.82. The summed E-state index contributed by atoms with van der Waals surface area (Å²) >= 11 is 0. The Morgan fingerprint density at radius 2 is 1.86 bits per heavy atom. The summed E-state index contributed by atoms with van der Waals surface area (Å²) in [5, 5.41) is 14.6. The summed E-state index contributed by atoms with van der Waals surface area (Å²) in [6, 6.07) is 4.59. The van der Waals surface area contributed by atoms with Crippen molar-refractivity contribution >= 4 is 17.7 Å².